The van der Waals surface area contributed by atoms with Crippen LogP contribution in [-0.2, 0) is 6.54 Å². The lowest BCUT2D eigenvalue weighted by Gasteiger charge is -2.34. The van der Waals surface area contributed by atoms with E-state index in [-0.39, 0.29) is 5.91 Å². The molecule has 144 valence electrons. The van der Waals surface area contributed by atoms with Gasteiger partial charge >= 0.3 is 0 Å². The molecule has 0 unspecified atom stereocenters. The van der Waals surface area contributed by atoms with E-state index in [1.807, 2.05) is 53.4 Å². The van der Waals surface area contributed by atoms with Gasteiger partial charge in [-0.25, -0.2) is 0 Å². The summed E-state index contributed by atoms with van der Waals surface area (Å²) in [5.41, 5.74) is 1.56. The molecule has 0 radical (unpaired) electrons. The molecule has 0 saturated carbocycles. The van der Waals surface area contributed by atoms with E-state index >= 15 is 0 Å². The number of hydrogen-bond donors (Lipinski definition) is 0. The molecule has 0 aliphatic carbocycles. The number of aromatic nitrogens is 2. The third-order valence-corrected chi connectivity index (χ3v) is 4.82. The number of rotatable bonds is 5. The Kier molecular flexibility index (Phi) is 5.34. The first-order valence-corrected chi connectivity index (χ1v) is 9.26. The Hall–Kier alpha value is -3.19. The molecular formula is C21H22N4O3. The quantitative estimate of drug-likeness (QED) is 0.680. The number of carbonyl (C=O) groups excluding carboxylic acids is 1. The number of hydrogen-bond acceptors (Lipinski definition) is 6. The highest BCUT2D eigenvalue weighted by Crippen LogP contribution is 2.19. The molecule has 28 heavy (non-hydrogen) atoms. The summed E-state index contributed by atoms with van der Waals surface area (Å²) in [6.07, 6.45) is 0. The van der Waals surface area contributed by atoms with Crippen molar-refractivity contribution in [2.45, 2.75) is 6.54 Å². The number of piperazine rings is 1. The molecule has 1 fully saturated rings. The second kappa shape index (κ2) is 8.22. The van der Waals surface area contributed by atoms with Crippen molar-refractivity contribution in [2.75, 3.05) is 33.3 Å². The molecule has 2 heterocycles. The van der Waals surface area contributed by atoms with Crippen molar-refractivity contribution < 1.29 is 13.9 Å². The topological polar surface area (TPSA) is 71.7 Å². The van der Waals surface area contributed by atoms with E-state index in [9.17, 15) is 4.79 Å². The summed E-state index contributed by atoms with van der Waals surface area (Å²) >= 11 is 0. The number of benzene rings is 2. The molecule has 3 aromatic rings. The van der Waals surface area contributed by atoms with Crippen LogP contribution in [-0.4, -0.2) is 59.2 Å². The van der Waals surface area contributed by atoms with Gasteiger partial charge in [-0.15, -0.1) is 10.2 Å². The van der Waals surface area contributed by atoms with E-state index in [0.29, 0.717) is 42.7 Å². The highest BCUT2D eigenvalue weighted by Gasteiger charge is 2.23. The lowest BCUT2D eigenvalue weighted by molar-refractivity contribution is 0.0618. The molecule has 1 aliphatic rings. The summed E-state index contributed by atoms with van der Waals surface area (Å²) in [6.45, 7) is 3.43. The molecule has 1 amide bonds. The summed E-state index contributed by atoms with van der Waals surface area (Å²) in [5, 5.41) is 8.29. The average Bonchev–Trinajstić information content (AvgIpc) is 3.23. The molecule has 4 rings (SSSR count). The molecule has 1 saturated heterocycles. The van der Waals surface area contributed by atoms with Crippen molar-refractivity contribution in [3.63, 3.8) is 0 Å². The number of ether oxygens (including phenoxy) is 1. The van der Waals surface area contributed by atoms with Gasteiger partial charge < -0.3 is 14.1 Å². The van der Waals surface area contributed by atoms with Crippen molar-refractivity contribution in [3.8, 4) is 17.2 Å². The first-order valence-electron chi connectivity index (χ1n) is 9.26. The predicted molar refractivity (Wildman–Crippen MR) is 104 cm³/mol. The number of methoxy groups -OCH3 is 1. The van der Waals surface area contributed by atoms with Gasteiger partial charge in [-0.05, 0) is 30.3 Å². The van der Waals surface area contributed by atoms with Crippen LogP contribution < -0.4 is 4.74 Å². The molecule has 0 bridgehead atoms. The van der Waals surface area contributed by atoms with Crippen molar-refractivity contribution in [3.05, 3.63) is 66.1 Å². The zero-order valence-electron chi connectivity index (χ0n) is 15.7. The van der Waals surface area contributed by atoms with Crippen LogP contribution in [0.2, 0.25) is 0 Å². The van der Waals surface area contributed by atoms with Gasteiger partial charge in [0.2, 0.25) is 11.8 Å². The van der Waals surface area contributed by atoms with Gasteiger partial charge in [-0.3, -0.25) is 9.69 Å². The minimum absolute atomic E-state index is 0.0303. The SMILES string of the molecule is COc1cccc(C(=O)N2CCN(Cc3nnc(-c4ccccc4)o3)CC2)c1. The minimum Gasteiger partial charge on any atom is -0.497 e. The van der Waals surface area contributed by atoms with E-state index in [1.165, 1.54) is 0 Å². The van der Waals surface area contributed by atoms with Gasteiger partial charge in [0, 0.05) is 37.3 Å². The molecule has 1 aromatic heterocycles. The lowest BCUT2D eigenvalue weighted by atomic mass is 10.1. The number of carbonyl (C=O) groups is 1. The van der Waals surface area contributed by atoms with Gasteiger partial charge in [0.25, 0.3) is 5.91 Å². The zero-order valence-corrected chi connectivity index (χ0v) is 15.7. The molecular weight excluding hydrogens is 356 g/mol. The fourth-order valence-corrected chi connectivity index (χ4v) is 3.25. The van der Waals surface area contributed by atoms with Gasteiger partial charge in [-0.2, -0.15) is 0 Å². The number of nitrogens with zero attached hydrogens (tertiary/aromatic N) is 4. The standard InChI is InChI=1S/C21H22N4O3/c1-27-18-9-5-8-17(14-18)21(26)25-12-10-24(11-13-25)15-19-22-23-20(28-19)16-6-3-2-4-7-16/h2-9,14H,10-13,15H2,1H3. The lowest BCUT2D eigenvalue weighted by Crippen LogP contribution is -2.48. The molecule has 1 aliphatic heterocycles. The molecule has 0 N–H and O–H groups in total. The monoisotopic (exact) mass is 378 g/mol. The van der Waals surface area contributed by atoms with Crippen LogP contribution in [0, 0.1) is 0 Å². The second-order valence-electron chi connectivity index (χ2n) is 6.67. The molecule has 7 heteroatoms. The molecule has 7 nitrogen and oxygen atoms in total. The molecule has 0 atom stereocenters. The smallest absolute Gasteiger partial charge is 0.254 e. The van der Waals surface area contributed by atoms with Crippen molar-refractivity contribution >= 4 is 5.91 Å². The van der Waals surface area contributed by atoms with Crippen molar-refractivity contribution in [2.24, 2.45) is 0 Å². The Balaban J connectivity index is 1.33. The largest absolute Gasteiger partial charge is 0.497 e. The fraction of sp³-hybridized carbons (Fsp3) is 0.286. The van der Waals surface area contributed by atoms with Crippen LogP contribution >= 0.6 is 0 Å². The van der Waals surface area contributed by atoms with E-state index in [1.54, 1.807) is 13.2 Å². The summed E-state index contributed by atoms with van der Waals surface area (Å²) in [6, 6.07) is 17.0. The van der Waals surface area contributed by atoms with Crippen LogP contribution in [0.25, 0.3) is 11.5 Å². The third kappa shape index (κ3) is 4.04. The maximum Gasteiger partial charge on any atom is 0.254 e. The first kappa shape index (κ1) is 18.2. The van der Waals surface area contributed by atoms with E-state index in [2.05, 4.69) is 15.1 Å². The van der Waals surface area contributed by atoms with Gasteiger partial charge in [-0.1, -0.05) is 24.3 Å². The molecule has 0 spiro atoms. The zero-order chi connectivity index (χ0) is 19.3. The second-order valence-corrected chi connectivity index (χ2v) is 6.67. The number of amides is 1. The predicted octanol–water partition coefficient (Wildman–Crippen LogP) is 2.70. The van der Waals surface area contributed by atoms with Crippen LogP contribution in [0.5, 0.6) is 5.75 Å². The van der Waals surface area contributed by atoms with Gasteiger partial charge in [0.1, 0.15) is 5.75 Å². The summed E-state index contributed by atoms with van der Waals surface area (Å²) < 4.78 is 11.0. The van der Waals surface area contributed by atoms with Crippen LogP contribution in [0.4, 0.5) is 0 Å². The Bertz CT molecular complexity index is 934. The Morgan fingerprint density at radius 1 is 1.04 bits per heavy atom. The van der Waals surface area contributed by atoms with Crippen molar-refractivity contribution in [1.82, 2.24) is 20.0 Å². The average molecular weight is 378 g/mol. The summed E-state index contributed by atoms with van der Waals surface area (Å²) in [5.74, 6) is 1.84. The summed E-state index contributed by atoms with van der Waals surface area (Å²) in [4.78, 5) is 16.8. The van der Waals surface area contributed by atoms with Gasteiger partial charge in [0.15, 0.2) is 0 Å². The Morgan fingerprint density at radius 3 is 2.57 bits per heavy atom. The molecule has 2 aromatic carbocycles. The third-order valence-electron chi connectivity index (χ3n) is 4.82. The minimum atomic E-state index is 0.0303. The van der Waals surface area contributed by atoms with E-state index in [0.717, 1.165) is 18.7 Å². The van der Waals surface area contributed by atoms with Gasteiger partial charge in [0.05, 0.1) is 13.7 Å². The summed E-state index contributed by atoms with van der Waals surface area (Å²) in [7, 11) is 1.60. The van der Waals surface area contributed by atoms with Crippen LogP contribution in [0.3, 0.4) is 0 Å². The fourth-order valence-electron chi connectivity index (χ4n) is 3.25. The normalized spacial score (nSPS) is 14.8. The maximum atomic E-state index is 12.7. The van der Waals surface area contributed by atoms with Crippen LogP contribution in [0.15, 0.2) is 59.0 Å². The highest BCUT2D eigenvalue weighted by molar-refractivity contribution is 5.94. The first-order chi connectivity index (χ1) is 13.7. The highest BCUT2D eigenvalue weighted by atomic mass is 16.5. The van der Waals surface area contributed by atoms with E-state index < -0.39 is 0 Å². The Labute approximate surface area is 163 Å². The van der Waals surface area contributed by atoms with E-state index in [4.69, 9.17) is 9.15 Å². The van der Waals surface area contributed by atoms with Crippen molar-refractivity contribution in [1.29, 1.82) is 0 Å². The van der Waals surface area contributed by atoms with Crippen LogP contribution in [0.1, 0.15) is 16.2 Å². The Morgan fingerprint density at radius 2 is 1.82 bits per heavy atom. The maximum absolute atomic E-state index is 12.7.